The maximum absolute atomic E-state index is 15.1. The molecule has 1 fully saturated rings. The maximum atomic E-state index is 15.1. The fourth-order valence-corrected chi connectivity index (χ4v) is 5.41. The van der Waals surface area contributed by atoms with Crippen LogP contribution < -0.4 is 11.1 Å². The van der Waals surface area contributed by atoms with Crippen LogP contribution in [0.15, 0.2) is 46.8 Å². The second-order valence-electron chi connectivity index (χ2n) is 8.33. The summed E-state index contributed by atoms with van der Waals surface area (Å²) in [6.07, 6.45) is 5.48. The summed E-state index contributed by atoms with van der Waals surface area (Å²) in [5.74, 6) is -1.88. The second kappa shape index (κ2) is 7.78. The summed E-state index contributed by atoms with van der Waals surface area (Å²) in [5.41, 5.74) is 10.7. The second-order valence-corrected chi connectivity index (χ2v) is 9.18. The minimum absolute atomic E-state index is 0.0961. The Morgan fingerprint density at radius 3 is 2.88 bits per heavy atom. The lowest BCUT2D eigenvalue weighted by molar-refractivity contribution is -0.0369. The molecule has 1 atom stereocenters. The number of pyridine rings is 1. The largest absolute Gasteiger partial charge is 0.400 e. The van der Waals surface area contributed by atoms with Gasteiger partial charge in [0.05, 0.1) is 23.9 Å². The van der Waals surface area contributed by atoms with Crippen molar-refractivity contribution in [2.45, 2.75) is 25.5 Å². The van der Waals surface area contributed by atoms with E-state index in [0.29, 0.717) is 41.8 Å². The van der Waals surface area contributed by atoms with Gasteiger partial charge in [0.2, 0.25) is 0 Å². The van der Waals surface area contributed by atoms with Crippen LogP contribution in [0.1, 0.15) is 36.6 Å². The number of halogens is 3. The lowest BCUT2D eigenvalue weighted by Crippen LogP contribution is -2.21. The van der Waals surface area contributed by atoms with Crippen molar-refractivity contribution >= 4 is 49.0 Å². The monoisotopic (exact) mass is 511 g/mol. The smallest absolute Gasteiger partial charge is 0.184 e. The van der Waals surface area contributed by atoms with Crippen molar-refractivity contribution in [3.8, 4) is 0 Å². The molecule has 168 valence electrons. The molecule has 6 nitrogen and oxygen atoms in total. The van der Waals surface area contributed by atoms with E-state index in [2.05, 4.69) is 31.3 Å². The summed E-state index contributed by atoms with van der Waals surface area (Å²) in [6.45, 7) is 0.941. The molecular weight excluding hydrogens is 492 g/mol. The minimum Gasteiger partial charge on any atom is -0.400 e. The SMILES string of the molecule is NC1=C(c2cc(F)c(F)c3c2cnn3C2CCCCO2)c2cc(Br)c3ncccc3c2NC1. The molecule has 4 aromatic rings. The van der Waals surface area contributed by atoms with Crippen LogP contribution in [0.5, 0.6) is 0 Å². The van der Waals surface area contributed by atoms with E-state index in [4.69, 9.17) is 10.5 Å². The molecule has 4 heterocycles. The molecule has 6 rings (SSSR count). The third kappa shape index (κ3) is 3.13. The minimum atomic E-state index is -0.947. The van der Waals surface area contributed by atoms with Crippen molar-refractivity contribution in [1.82, 2.24) is 14.8 Å². The van der Waals surface area contributed by atoms with E-state index in [1.54, 1.807) is 12.4 Å². The first-order valence-corrected chi connectivity index (χ1v) is 11.6. The van der Waals surface area contributed by atoms with E-state index in [1.165, 1.54) is 10.7 Å². The first kappa shape index (κ1) is 20.6. The Bertz CT molecular complexity index is 1460. The van der Waals surface area contributed by atoms with Crippen LogP contribution in [-0.2, 0) is 4.74 Å². The van der Waals surface area contributed by atoms with Gasteiger partial charge in [-0.2, -0.15) is 5.10 Å². The molecule has 2 aliphatic heterocycles. The molecule has 3 N–H and O–H groups in total. The third-order valence-corrected chi connectivity index (χ3v) is 6.97. The van der Waals surface area contributed by atoms with Gasteiger partial charge in [-0.05, 0) is 65.0 Å². The molecule has 0 aliphatic carbocycles. The van der Waals surface area contributed by atoms with Crippen molar-refractivity contribution in [3.05, 3.63) is 69.6 Å². The van der Waals surface area contributed by atoms with Crippen molar-refractivity contribution < 1.29 is 13.5 Å². The van der Waals surface area contributed by atoms with Gasteiger partial charge < -0.3 is 15.8 Å². The number of aromatic nitrogens is 3. The lowest BCUT2D eigenvalue weighted by Gasteiger charge is -2.26. The number of nitrogens with two attached hydrogens (primary N) is 1. The number of benzene rings is 2. The Hall–Kier alpha value is -3.04. The van der Waals surface area contributed by atoms with Gasteiger partial charge in [0, 0.05) is 44.9 Å². The predicted octanol–water partition coefficient (Wildman–Crippen LogP) is 5.47. The van der Waals surface area contributed by atoms with E-state index >= 15 is 4.39 Å². The number of hydrogen-bond donors (Lipinski definition) is 2. The number of nitrogens with one attached hydrogen (secondary N) is 1. The molecular formula is C24H20BrF2N5O. The lowest BCUT2D eigenvalue weighted by atomic mass is 9.89. The number of ether oxygens (including phenoxy) is 1. The van der Waals surface area contributed by atoms with Crippen molar-refractivity contribution in [3.63, 3.8) is 0 Å². The highest BCUT2D eigenvalue weighted by Gasteiger charge is 2.28. The number of fused-ring (bicyclic) bond motifs is 4. The van der Waals surface area contributed by atoms with Gasteiger partial charge in [0.25, 0.3) is 0 Å². The van der Waals surface area contributed by atoms with Gasteiger partial charge in [0.15, 0.2) is 17.9 Å². The van der Waals surface area contributed by atoms with Gasteiger partial charge in [0.1, 0.15) is 5.52 Å². The van der Waals surface area contributed by atoms with E-state index < -0.39 is 17.9 Å². The molecule has 0 radical (unpaired) electrons. The zero-order chi connectivity index (χ0) is 22.7. The average molecular weight is 512 g/mol. The molecule has 1 saturated heterocycles. The molecule has 0 bridgehead atoms. The van der Waals surface area contributed by atoms with E-state index in [1.807, 2.05) is 18.2 Å². The summed E-state index contributed by atoms with van der Waals surface area (Å²) in [6, 6.07) is 6.96. The fourth-order valence-electron chi connectivity index (χ4n) is 4.86. The van der Waals surface area contributed by atoms with Gasteiger partial charge in [-0.15, -0.1) is 0 Å². The highest BCUT2D eigenvalue weighted by Crippen LogP contribution is 2.44. The van der Waals surface area contributed by atoms with Gasteiger partial charge >= 0.3 is 0 Å². The normalized spacial score (nSPS) is 18.6. The molecule has 1 unspecified atom stereocenters. The zero-order valence-corrected chi connectivity index (χ0v) is 19.1. The molecule has 33 heavy (non-hydrogen) atoms. The molecule has 9 heteroatoms. The Balaban J connectivity index is 1.62. The number of rotatable bonds is 2. The van der Waals surface area contributed by atoms with Crippen LogP contribution in [0.4, 0.5) is 14.5 Å². The highest BCUT2D eigenvalue weighted by molar-refractivity contribution is 9.10. The van der Waals surface area contributed by atoms with Crippen LogP contribution >= 0.6 is 15.9 Å². The molecule has 2 aromatic heterocycles. The number of hydrogen-bond acceptors (Lipinski definition) is 5. The summed E-state index contributed by atoms with van der Waals surface area (Å²) in [5, 5.41) is 9.18. The fraction of sp³-hybridized carbons (Fsp3) is 0.250. The quantitative estimate of drug-likeness (QED) is 0.373. The molecule has 2 aromatic carbocycles. The Kier molecular flexibility index (Phi) is 4.84. The van der Waals surface area contributed by atoms with E-state index in [0.717, 1.165) is 39.5 Å². The maximum Gasteiger partial charge on any atom is 0.184 e. The first-order valence-electron chi connectivity index (χ1n) is 10.8. The van der Waals surface area contributed by atoms with Crippen molar-refractivity contribution in [2.75, 3.05) is 18.5 Å². The molecule has 0 spiro atoms. The van der Waals surface area contributed by atoms with Crippen LogP contribution in [-0.4, -0.2) is 27.9 Å². The van der Waals surface area contributed by atoms with Gasteiger partial charge in [-0.3, -0.25) is 4.98 Å². The van der Waals surface area contributed by atoms with Gasteiger partial charge in [-0.1, -0.05) is 0 Å². The summed E-state index contributed by atoms with van der Waals surface area (Å²) < 4.78 is 38.1. The zero-order valence-electron chi connectivity index (χ0n) is 17.5. The standard InChI is InChI=1S/C24H20BrF2N5O/c25-16-8-14-20(18(28)11-30-22(14)12-4-3-6-29-23(12)16)13-9-17(26)21(27)24-15(13)10-31-32(24)19-5-1-2-7-33-19/h3-4,6,8-10,19,30H,1-2,5,7,11,28H2. The van der Waals surface area contributed by atoms with Crippen LogP contribution in [0.3, 0.4) is 0 Å². The average Bonchev–Trinajstić information content (AvgIpc) is 3.28. The van der Waals surface area contributed by atoms with Crippen LogP contribution in [0.25, 0.3) is 27.4 Å². The Labute approximate surface area is 196 Å². The Morgan fingerprint density at radius 1 is 1.18 bits per heavy atom. The van der Waals surface area contributed by atoms with Crippen LogP contribution in [0.2, 0.25) is 0 Å². The Morgan fingerprint density at radius 2 is 2.06 bits per heavy atom. The van der Waals surface area contributed by atoms with Crippen molar-refractivity contribution in [1.29, 1.82) is 0 Å². The number of nitrogens with zero attached hydrogens (tertiary/aromatic N) is 3. The molecule has 0 amide bonds. The topological polar surface area (TPSA) is 78.0 Å². The summed E-state index contributed by atoms with van der Waals surface area (Å²) in [4.78, 5) is 4.47. The third-order valence-electron chi connectivity index (χ3n) is 6.36. The molecule has 0 saturated carbocycles. The van der Waals surface area contributed by atoms with Crippen LogP contribution in [0, 0.1) is 11.6 Å². The molecule has 2 aliphatic rings. The number of anilines is 1. The first-order chi connectivity index (χ1) is 16.0. The van der Waals surface area contributed by atoms with E-state index in [9.17, 15) is 4.39 Å². The summed E-state index contributed by atoms with van der Waals surface area (Å²) in [7, 11) is 0. The van der Waals surface area contributed by atoms with Gasteiger partial charge in [-0.25, -0.2) is 13.5 Å². The summed E-state index contributed by atoms with van der Waals surface area (Å²) >= 11 is 3.61. The predicted molar refractivity (Wildman–Crippen MR) is 127 cm³/mol. The highest BCUT2D eigenvalue weighted by atomic mass is 79.9. The van der Waals surface area contributed by atoms with Crippen molar-refractivity contribution in [2.24, 2.45) is 5.73 Å². The van der Waals surface area contributed by atoms with E-state index in [-0.39, 0.29) is 5.52 Å².